The summed E-state index contributed by atoms with van der Waals surface area (Å²) in [4.78, 5) is 14.3. The molecule has 0 atom stereocenters. The van der Waals surface area contributed by atoms with Crippen molar-refractivity contribution >= 4 is 29.2 Å². The topological polar surface area (TPSA) is 30.0 Å². The van der Waals surface area contributed by atoms with Crippen molar-refractivity contribution in [2.45, 2.75) is 6.18 Å². The quantitative estimate of drug-likeness (QED) is 0.772. The molecule has 0 aliphatic rings. The highest BCUT2D eigenvalue weighted by molar-refractivity contribution is 7.15. The number of nitrogens with zero attached hydrogens (tertiary/aromatic N) is 1. The lowest BCUT2D eigenvalue weighted by atomic mass is 10.1. The minimum absolute atomic E-state index is 0.233. The Morgan fingerprint density at radius 2 is 2.06 bits per heavy atom. The van der Waals surface area contributed by atoms with Crippen molar-refractivity contribution in [1.29, 1.82) is 0 Å². The lowest BCUT2D eigenvalue weighted by Gasteiger charge is -2.01. The molecule has 7 heteroatoms. The maximum Gasteiger partial charge on any atom is 0.443 e. The van der Waals surface area contributed by atoms with E-state index in [4.69, 9.17) is 11.6 Å². The molecule has 0 radical (unpaired) electrons. The SMILES string of the molecule is O=Cc1cc(-c2cnc(C(F)(F)F)s2)ccc1Cl. The molecule has 0 spiro atoms. The van der Waals surface area contributed by atoms with E-state index in [2.05, 4.69) is 4.98 Å². The summed E-state index contributed by atoms with van der Waals surface area (Å²) in [7, 11) is 0. The first kappa shape index (κ1) is 13.0. The number of alkyl halides is 3. The van der Waals surface area contributed by atoms with Crippen LogP contribution in [0.15, 0.2) is 24.4 Å². The van der Waals surface area contributed by atoms with Crippen LogP contribution in [-0.2, 0) is 6.18 Å². The first-order valence-electron chi connectivity index (χ1n) is 4.70. The monoisotopic (exact) mass is 291 g/mol. The number of thiazole rings is 1. The molecule has 0 amide bonds. The Morgan fingerprint density at radius 3 is 2.61 bits per heavy atom. The van der Waals surface area contributed by atoms with Crippen molar-refractivity contribution in [2.24, 2.45) is 0 Å². The van der Waals surface area contributed by atoms with Gasteiger partial charge >= 0.3 is 6.18 Å². The number of carbonyl (C=O) groups excluding carboxylic acids is 1. The third kappa shape index (κ3) is 2.54. The van der Waals surface area contributed by atoms with E-state index in [1.165, 1.54) is 12.1 Å². The van der Waals surface area contributed by atoms with Crippen molar-refractivity contribution < 1.29 is 18.0 Å². The van der Waals surface area contributed by atoms with E-state index >= 15 is 0 Å². The van der Waals surface area contributed by atoms with Gasteiger partial charge in [-0.05, 0) is 17.7 Å². The fourth-order valence-corrected chi connectivity index (χ4v) is 2.27. The maximum atomic E-state index is 12.4. The van der Waals surface area contributed by atoms with Gasteiger partial charge in [0.05, 0.1) is 9.90 Å². The Bertz CT molecular complexity index is 594. The van der Waals surface area contributed by atoms with Crippen molar-refractivity contribution in [3.8, 4) is 10.4 Å². The van der Waals surface area contributed by atoms with Crippen LogP contribution < -0.4 is 0 Å². The van der Waals surface area contributed by atoms with Crippen molar-refractivity contribution in [3.05, 3.63) is 40.0 Å². The fourth-order valence-electron chi connectivity index (χ4n) is 1.33. The molecule has 0 aliphatic carbocycles. The second-order valence-corrected chi connectivity index (χ2v) is 4.82. The summed E-state index contributed by atoms with van der Waals surface area (Å²) in [6.07, 6.45) is -2.77. The van der Waals surface area contributed by atoms with E-state index in [0.29, 0.717) is 28.1 Å². The number of rotatable bonds is 2. The van der Waals surface area contributed by atoms with Crippen LogP contribution in [0.1, 0.15) is 15.4 Å². The number of aldehydes is 1. The number of halogens is 4. The predicted molar refractivity (Wildman–Crippen MR) is 62.9 cm³/mol. The van der Waals surface area contributed by atoms with Gasteiger partial charge in [0.2, 0.25) is 0 Å². The van der Waals surface area contributed by atoms with Gasteiger partial charge in [-0.25, -0.2) is 4.98 Å². The van der Waals surface area contributed by atoms with Gasteiger partial charge in [0.25, 0.3) is 0 Å². The van der Waals surface area contributed by atoms with Gasteiger partial charge < -0.3 is 0 Å². The van der Waals surface area contributed by atoms with Gasteiger partial charge in [-0.15, -0.1) is 11.3 Å². The Labute approximate surface area is 109 Å². The summed E-state index contributed by atoms with van der Waals surface area (Å²) < 4.78 is 37.2. The number of aromatic nitrogens is 1. The Kier molecular flexibility index (Phi) is 3.41. The van der Waals surface area contributed by atoms with Gasteiger partial charge in [0.1, 0.15) is 0 Å². The number of hydrogen-bond acceptors (Lipinski definition) is 3. The van der Waals surface area contributed by atoms with Crippen LogP contribution in [0.5, 0.6) is 0 Å². The zero-order chi connectivity index (χ0) is 13.3. The zero-order valence-electron chi connectivity index (χ0n) is 8.66. The highest BCUT2D eigenvalue weighted by atomic mass is 35.5. The van der Waals surface area contributed by atoms with E-state index in [9.17, 15) is 18.0 Å². The normalized spacial score (nSPS) is 11.6. The predicted octanol–water partition coefficient (Wildman–Crippen LogP) is 4.29. The Morgan fingerprint density at radius 1 is 1.33 bits per heavy atom. The highest BCUT2D eigenvalue weighted by Gasteiger charge is 2.34. The van der Waals surface area contributed by atoms with Gasteiger partial charge in [-0.1, -0.05) is 17.7 Å². The molecule has 0 fully saturated rings. The lowest BCUT2D eigenvalue weighted by molar-refractivity contribution is -0.137. The smallest absolute Gasteiger partial charge is 0.298 e. The molecular formula is C11H5ClF3NOS. The molecular weight excluding hydrogens is 287 g/mol. The van der Waals surface area contributed by atoms with Crippen LogP contribution in [0.2, 0.25) is 5.02 Å². The van der Waals surface area contributed by atoms with Crippen molar-refractivity contribution in [3.63, 3.8) is 0 Å². The van der Waals surface area contributed by atoms with Crippen LogP contribution in [0.4, 0.5) is 13.2 Å². The summed E-state index contributed by atoms with van der Waals surface area (Å²) >= 11 is 6.26. The van der Waals surface area contributed by atoms with E-state index in [0.717, 1.165) is 6.20 Å². The third-order valence-corrected chi connectivity index (χ3v) is 3.59. The second-order valence-electron chi connectivity index (χ2n) is 3.38. The van der Waals surface area contributed by atoms with E-state index < -0.39 is 11.2 Å². The minimum Gasteiger partial charge on any atom is -0.298 e. The third-order valence-electron chi connectivity index (χ3n) is 2.16. The molecule has 1 heterocycles. The molecule has 0 N–H and O–H groups in total. The molecule has 1 aromatic heterocycles. The zero-order valence-corrected chi connectivity index (χ0v) is 10.2. The minimum atomic E-state index is -4.46. The summed E-state index contributed by atoms with van der Waals surface area (Å²) in [6.45, 7) is 0. The average molecular weight is 292 g/mol. The first-order valence-corrected chi connectivity index (χ1v) is 5.89. The summed E-state index contributed by atoms with van der Waals surface area (Å²) in [5.41, 5.74) is 0.714. The second kappa shape index (κ2) is 4.70. The fraction of sp³-hybridized carbons (Fsp3) is 0.0909. The molecule has 94 valence electrons. The Balaban J connectivity index is 2.43. The molecule has 0 saturated carbocycles. The molecule has 2 nitrogen and oxygen atoms in total. The van der Waals surface area contributed by atoms with Crippen LogP contribution in [0, 0.1) is 0 Å². The van der Waals surface area contributed by atoms with E-state index in [1.54, 1.807) is 6.07 Å². The average Bonchev–Trinajstić information content (AvgIpc) is 2.78. The van der Waals surface area contributed by atoms with Crippen molar-refractivity contribution in [2.75, 3.05) is 0 Å². The molecule has 18 heavy (non-hydrogen) atoms. The summed E-state index contributed by atoms with van der Waals surface area (Å²) in [5.74, 6) is 0. The van der Waals surface area contributed by atoms with Crippen LogP contribution >= 0.6 is 22.9 Å². The van der Waals surface area contributed by atoms with Gasteiger partial charge in [-0.2, -0.15) is 13.2 Å². The lowest BCUT2D eigenvalue weighted by Crippen LogP contribution is -2.02. The van der Waals surface area contributed by atoms with Gasteiger partial charge in [-0.3, -0.25) is 4.79 Å². The number of benzene rings is 1. The standard InChI is InChI=1S/C11H5ClF3NOS/c12-8-2-1-6(3-7(8)5-17)9-4-16-10(18-9)11(13,14)15/h1-5H. The number of hydrogen-bond donors (Lipinski definition) is 0. The van der Waals surface area contributed by atoms with Crippen molar-refractivity contribution in [1.82, 2.24) is 4.98 Å². The molecule has 0 saturated heterocycles. The van der Waals surface area contributed by atoms with Crippen LogP contribution in [0.3, 0.4) is 0 Å². The Hall–Kier alpha value is -1.40. The van der Waals surface area contributed by atoms with Crippen LogP contribution in [-0.4, -0.2) is 11.3 Å². The van der Waals surface area contributed by atoms with E-state index in [1.807, 2.05) is 0 Å². The highest BCUT2D eigenvalue weighted by Crippen LogP contribution is 2.36. The summed E-state index contributed by atoms with van der Waals surface area (Å²) in [5, 5.41) is -0.658. The largest absolute Gasteiger partial charge is 0.443 e. The molecule has 0 unspecified atom stereocenters. The molecule has 1 aromatic carbocycles. The molecule has 2 rings (SSSR count). The van der Waals surface area contributed by atoms with Gasteiger partial charge in [0.15, 0.2) is 11.3 Å². The van der Waals surface area contributed by atoms with Crippen LogP contribution in [0.25, 0.3) is 10.4 Å². The van der Waals surface area contributed by atoms with Gasteiger partial charge in [0, 0.05) is 11.8 Å². The first-order chi connectivity index (χ1) is 8.41. The summed E-state index contributed by atoms with van der Waals surface area (Å²) in [6, 6.07) is 4.44. The molecule has 0 aliphatic heterocycles. The number of carbonyl (C=O) groups is 1. The molecule has 2 aromatic rings. The van der Waals surface area contributed by atoms with E-state index in [-0.39, 0.29) is 10.6 Å². The molecule has 0 bridgehead atoms. The maximum absolute atomic E-state index is 12.4.